The normalized spacial score (nSPS) is 28.1. The topological polar surface area (TPSA) is 19.4 Å². The molecule has 2 fully saturated rings. The Labute approximate surface area is 130 Å². The Balaban J connectivity index is 1.57. The molecule has 3 nitrogen and oxygen atoms in total. The maximum absolute atomic E-state index is 13.1. The zero-order valence-electron chi connectivity index (χ0n) is 12.7. The van der Waals surface area contributed by atoms with E-state index in [0.717, 1.165) is 25.5 Å². The van der Waals surface area contributed by atoms with Gasteiger partial charge in [-0.25, -0.2) is 9.37 Å². The van der Waals surface area contributed by atoms with Crippen LogP contribution in [0.2, 0.25) is 0 Å². The van der Waals surface area contributed by atoms with Crippen LogP contribution in [0.4, 0.5) is 10.2 Å². The molecule has 2 saturated heterocycles. The molecule has 0 saturated carbocycles. The predicted molar refractivity (Wildman–Crippen MR) is 85.2 cm³/mol. The van der Waals surface area contributed by atoms with Crippen molar-refractivity contribution in [3.63, 3.8) is 0 Å². The summed E-state index contributed by atoms with van der Waals surface area (Å²) < 4.78 is 13.1. The molecule has 0 amide bonds. The Morgan fingerprint density at radius 1 is 1.05 bits per heavy atom. The lowest BCUT2D eigenvalue weighted by molar-refractivity contribution is 0.280. The van der Waals surface area contributed by atoms with E-state index in [-0.39, 0.29) is 5.82 Å². The molecule has 0 aliphatic carbocycles. The molecule has 2 aromatic rings. The summed E-state index contributed by atoms with van der Waals surface area (Å²) in [6.45, 7) is 3.12. The lowest BCUT2D eigenvalue weighted by Gasteiger charge is -2.27. The number of halogens is 1. The average Bonchev–Trinajstić information content (AvgIpc) is 3.05. The molecule has 3 atom stereocenters. The zero-order valence-corrected chi connectivity index (χ0v) is 12.7. The van der Waals surface area contributed by atoms with Crippen LogP contribution in [-0.2, 0) is 0 Å². The highest BCUT2D eigenvalue weighted by molar-refractivity contribution is 5.41. The first-order valence-corrected chi connectivity index (χ1v) is 7.84. The zero-order chi connectivity index (χ0) is 15.1. The van der Waals surface area contributed by atoms with Gasteiger partial charge in [0.25, 0.3) is 0 Å². The Kier molecular flexibility index (Phi) is 3.34. The predicted octanol–water partition coefficient (Wildman–Crippen LogP) is 2.96. The van der Waals surface area contributed by atoms with Gasteiger partial charge in [0.15, 0.2) is 0 Å². The first-order chi connectivity index (χ1) is 10.7. The highest BCUT2D eigenvalue weighted by Crippen LogP contribution is 2.44. The fraction of sp³-hybridized carbons (Fsp3) is 0.389. The van der Waals surface area contributed by atoms with Crippen molar-refractivity contribution in [2.24, 2.45) is 11.8 Å². The molecule has 0 bridgehead atoms. The van der Waals surface area contributed by atoms with Gasteiger partial charge in [-0.3, -0.25) is 4.90 Å². The lowest BCUT2D eigenvalue weighted by atomic mass is 9.90. The summed E-state index contributed by atoms with van der Waals surface area (Å²) in [4.78, 5) is 9.02. The Hall–Kier alpha value is -1.94. The number of pyridine rings is 1. The van der Waals surface area contributed by atoms with Gasteiger partial charge in [0.05, 0.1) is 6.20 Å². The van der Waals surface area contributed by atoms with Crippen molar-refractivity contribution in [2.45, 2.75) is 6.04 Å². The molecule has 22 heavy (non-hydrogen) atoms. The molecule has 0 spiro atoms. The monoisotopic (exact) mass is 297 g/mol. The van der Waals surface area contributed by atoms with Gasteiger partial charge >= 0.3 is 0 Å². The molecule has 0 unspecified atom stereocenters. The van der Waals surface area contributed by atoms with Crippen LogP contribution in [0.25, 0.3) is 0 Å². The maximum atomic E-state index is 13.1. The smallest absolute Gasteiger partial charge is 0.141 e. The van der Waals surface area contributed by atoms with E-state index >= 15 is 0 Å². The van der Waals surface area contributed by atoms with Gasteiger partial charge in [0.1, 0.15) is 11.6 Å². The van der Waals surface area contributed by atoms with Crippen LogP contribution in [0.5, 0.6) is 0 Å². The number of hydrogen-bond donors (Lipinski definition) is 0. The number of aromatic nitrogens is 1. The summed E-state index contributed by atoms with van der Waals surface area (Å²) in [5.74, 6) is 1.89. The van der Waals surface area contributed by atoms with Crippen molar-refractivity contribution in [1.82, 2.24) is 9.88 Å². The maximum Gasteiger partial charge on any atom is 0.141 e. The number of benzene rings is 1. The van der Waals surface area contributed by atoms with E-state index in [0.29, 0.717) is 17.9 Å². The third-order valence-electron chi connectivity index (χ3n) is 5.07. The van der Waals surface area contributed by atoms with E-state index in [1.807, 2.05) is 0 Å². The second kappa shape index (κ2) is 5.36. The lowest BCUT2D eigenvalue weighted by Crippen LogP contribution is -2.29. The number of likely N-dealkylation sites (tertiary alicyclic amines) is 1. The van der Waals surface area contributed by atoms with Crippen LogP contribution in [0.15, 0.2) is 48.7 Å². The fourth-order valence-corrected chi connectivity index (χ4v) is 4.15. The summed E-state index contributed by atoms with van der Waals surface area (Å²) in [7, 11) is 2.22. The van der Waals surface area contributed by atoms with E-state index in [9.17, 15) is 4.39 Å². The summed E-state index contributed by atoms with van der Waals surface area (Å²) in [6.07, 6.45) is 1.31. The van der Waals surface area contributed by atoms with E-state index in [1.54, 1.807) is 6.07 Å². The average molecular weight is 297 g/mol. The van der Waals surface area contributed by atoms with Crippen LogP contribution < -0.4 is 4.90 Å². The SMILES string of the molecule is CN1C[C@H]2CN(c3ccc(F)cn3)C[C@H]2[C@@H]1c1ccccc1. The number of hydrogen-bond acceptors (Lipinski definition) is 3. The van der Waals surface area contributed by atoms with Crippen molar-refractivity contribution in [2.75, 3.05) is 31.6 Å². The van der Waals surface area contributed by atoms with Crippen molar-refractivity contribution in [1.29, 1.82) is 0 Å². The number of anilines is 1. The third-order valence-corrected chi connectivity index (χ3v) is 5.07. The van der Waals surface area contributed by atoms with E-state index in [4.69, 9.17) is 0 Å². The second-order valence-electron chi connectivity index (χ2n) is 6.46. The minimum atomic E-state index is -0.273. The van der Waals surface area contributed by atoms with Gasteiger partial charge in [-0.05, 0) is 30.7 Å². The minimum absolute atomic E-state index is 0.273. The van der Waals surface area contributed by atoms with E-state index in [2.05, 4.69) is 52.2 Å². The Morgan fingerprint density at radius 3 is 2.59 bits per heavy atom. The molecule has 2 aliphatic heterocycles. The quantitative estimate of drug-likeness (QED) is 0.849. The molecule has 114 valence electrons. The Bertz CT molecular complexity index is 643. The highest BCUT2D eigenvalue weighted by Gasteiger charge is 2.46. The van der Waals surface area contributed by atoms with Gasteiger partial charge in [0, 0.05) is 31.6 Å². The van der Waals surface area contributed by atoms with Crippen LogP contribution in [0.1, 0.15) is 11.6 Å². The molecule has 1 aromatic carbocycles. The van der Waals surface area contributed by atoms with Gasteiger partial charge < -0.3 is 4.90 Å². The second-order valence-corrected chi connectivity index (χ2v) is 6.46. The van der Waals surface area contributed by atoms with E-state index < -0.39 is 0 Å². The number of rotatable bonds is 2. The van der Waals surface area contributed by atoms with Crippen molar-refractivity contribution >= 4 is 5.82 Å². The Morgan fingerprint density at radius 2 is 1.86 bits per heavy atom. The van der Waals surface area contributed by atoms with Gasteiger partial charge in [0.2, 0.25) is 0 Å². The third kappa shape index (κ3) is 2.28. The first-order valence-electron chi connectivity index (χ1n) is 7.84. The van der Waals surface area contributed by atoms with Crippen LogP contribution in [-0.4, -0.2) is 36.6 Å². The highest BCUT2D eigenvalue weighted by atomic mass is 19.1. The summed E-state index contributed by atoms with van der Waals surface area (Å²) in [5, 5.41) is 0. The molecule has 1 aromatic heterocycles. The van der Waals surface area contributed by atoms with Gasteiger partial charge in [-0.1, -0.05) is 30.3 Å². The van der Waals surface area contributed by atoms with Gasteiger partial charge in [-0.15, -0.1) is 0 Å². The van der Waals surface area contributed by atoms with Crippen LogP contribution in [0.3, 0.4) is 0 Å². The standard InChI is InChI=1S/C18H20FN3/c1-21-10-14-11-22(17-8-7-15(19)9-20-17)12-16(14)18(21)13-5-3-2-4-6-13/h2-9,14,16,18H,10-12H2,1H3/t14-,16+,18-/m0/s1. The molecule has 4 heteroatoms. The van der Waals surface area contributed by atoms with Crippen molar-refractivity contribution in [3.05, 3.63) is 60.0 Å². The molecule has 4 rings (SSSR count). The number of nitrogens with zero attached hydrogens (tertiary/aromatic N) is 3. The van der Waals surface area contributed by atoms with Crippen molar-refractivity contribution in [3.8, 4) is 0 Å². The molecular weight excluding hydrogens is 277 g/mol. The molecule has 3 heterocycles. The molecule has 2 aliphatic rings. The van der Waals surface area contributed by atoms with Crippen molar-refractivity contribution < 1.29 is 4.39 Å². The molecule has 0 radical (unpaired) electrons. The fourth-order valence-electron chi connectivity index (χ4n) is 4.15. The van der Waals surface area contributed by atoms with Gasteiger partial charge in [-0.2, -0.15) is 0 Å². The largest absolute Gasteiger partial charge is 0.356 e. The summed E-state index contributed by atoms with van der Waals surface area (Å²) in [5.41, 5.74) is 1.39. The molecule has 0 N–H and O–H groups in total. The molecular formula is C18H20FN3. The summed E-state index contributed by atoms with van der Waals surface area (Å²) >= 11 is 0. The minimum Gasteiger partial charge on any atom is -0.356 e. The van der Waals surface area contributed by atoms with Crippen LogP contribution >= 0.6 is 0 Å². The number of fused-ring (bicyclic) bond motifs is 1. The van der Waals surface area contributed by atoms with Crippen LogP contribution in [0, 0.1) is 17.7 Å². The first kappa shape index (κ1) is 13.7. The van der Waals surface area contributed by atoms with E-state index in [1.165, 1.54) is 17.8 Å². The summed E-state index contributed by atoms with van der Waals surface area (Å²) in [6, 6.07) is 14.5.